The molecular weight excluding hydrogens is 258 g/mol. The van der Waals surface area contributed by atoms with Gasteiger partial charge >= 0.3 is 0 Å². The van der Waals surface area contributed by atoms with Gasteiger partial charge in [0.05, 0.1) is 0 Å². The van der Waals surface area contributed by atoms with E-state index in [0.29, 0.717) is 0 Å². The fourth-order valence-corrected chi connectivity index (χ4v) is 2.24. The van der Waals surface area contributed by atoms with E-state index in [0.717, 1.165) is 41.9 Å². The van der Waals surface area contributed by atoms with E-state index in [1.165, 1.54) is 5.69 Å². The standard InChI is InChI=1S/C18H23N3/c1-2-5-15(19)6-3-4-7-17-12-13-18(21-17)14-8-10-16(20)11-9-14/h2,5-6,8-13,21H,3-4,7,19-20H2,1H3/b5-2-,15-6+. The van der Waals surface area contributed by atoms with Crippen LogP contribution in [0.3, 0.4) is 0 Å². The molecule has 3 heteroatoms. The summed E-state index contributed by atoms with van der Waals surface area (Å²) in [5, 5.41) is 0. The average molecular weight is 281 g/mol. The number of H-pyrrole nitrogens is 1. The minimum atomic E-state index is 0.788. The maximum absolute atomic E-state index is 5.81. The normalized spacial score (nSPS) is 12.1. The van der Waals surface area contributed by atoms with Gasteiger partial charge in [0.25, 0.3) is 0 Å². The molecule has 0 aliphatic heterocycles. The Morgan fingerprint density at radius 3 is 2.62 bits per heavy atom. The summed E-state index contributed by atoms with van der Waals surface area (Å²) in [5.74, 6) is 0. The summed E-state index contributed by atoms with van der Waals surface area (Å²) in [6.45, 7) is 1.97. The Labute approximate surface area is 126 Å². The fraction of sp³-hybridized carbons (Fsp3) is 0.222. The number of anilines is 1. The van der Waals surface area contributed by atoms with E-state index in [9.17, 15) is 0 Å². The molecule has 1 aromatic heterocycles. The maximum Gasteiger partial charge on any atom is 0.0456 e. The summed E-state index contributed by atoms with van der Waals surface area (Å²) in [5.41, 5.74) is 16.7. The van der Waals surface area contributed by atoms with Crippen molar-refractivity contribution in [3.05, 3.63) is 66.0 Å². The van der Waals surface area contributed by atoms with Gasteiger partial charge in [-0.15, -0.1) is 0 Å². The molecule has 2 aromatic rings. The number of rotatable bonds is 6. The van der Waals surface area contributed by atoms with Crippen LogP contribution in [-0.4, -0.2) is 4.98 Å². The summed E-state index contributed by atoms with van der Waals surface area (Å²) >= 11 is 0. The quantitative estimate of drug-likeness (QED) is 0.425. The van der Waals surface area contributed by atoms with Crippen molar-refractivity contribution in [2.24, 2.45) is 5.73 Å². The van der Waals surface area contributed by atoms with Gasteiger partial charge < -0.3 is 16.5 Å². The number of nitrogen functional groups attached to an aromatic ring is 1. The molecule has 0 aliphatic rings. The van der Waals surface area contributed by atoms with Gasteiger partial charge in [-0.25, -0.2) is 0 Å². The predicted molar refractivity (Wildman–Crippen MR) is 90.7 cm³/mol. The first-order valence-electron chi connectivity index (χ1n) is 7.31. The number of hydrogen-bond donors (Lipinski definition) is 3. The zero-order valence-electron chi connectivity index (χ0n) is 12.5. The summed E-state index contributed by atoms with van der Waals surface area (Å²) < 4.78 is 0. The summed E-state index contributed by atoms with van der Waals surface area (Å²) in [6, 6.07) is 12.2. The number of nitrogens with two attached hydrogens (primary N) is 2. The van der Waals surface area contributed by atoms with Gasteiger partial charge in [-0.1, -0.05) is 24.3 Å². The van der Waals surface area contributed by atoms with Crippen LogP contribution in [0.5, 0.6) is 0 Å². The number of nitrogens with one attached hydrogen (secondary N) is 1. The second-order valence-electron chi connectivity index (χ2n) is 5.12. The lowest BCUT2D eigenvalue weighted by Gasteiger charge is -2.00. The molecule has 1 aromatic carbocycles. The number of hydrogen-bond acceptors (Lipinski definition) is 2. The summed E-state index contributed by atoms with van der Waals surface area (Å²) in [6.07, 6.45) is 9.05. The van der Waals surface area contributed by atoms with Gasteiger partial charge in [0, 0.05) is 22.8 Å². The highest BCUT2D eigenvalue weighted by Gasteiger charge is 2.01. The average Bonchev–Trinajstić information content (AvgIpc) is 2.93. The number of aryl methyl sites for hydroxylation is 1. The molecule has 2 rings (SSSR count). The highest BCUT2D eigenvalue weighted by molar-refractivity contribution is 5.62. The molecule has 0 radical (unpaired) electrons. The third-order valence-corrected chi connectivity index (χ3v) is 3.36. The fourth-order valence-electron chi connectivity index (χ4n) is 2.24. The molecule has 0 atom stereocenters. The number of aromatic nitrogens is 1. The van der Waals surface area contributed by atoms with Crippen LogP contribution < -0.4 is 11.5 Å². The van der Waals surface area contributed by atoms with Gasteiger partial charge in [0.1, 0.15) is 0 Å². The summed E-state index contributed by atoms with van der Waals surface area (Å²) in [4.78, 5) is 3.46. The number of unbranched alkanes of at least 4 members (excludes halogenated alkanes) is 1. The molecule has 0 aliphatic carbocycles. The molecule has 5 N–H and O–H groups in total. The molecule has 0 spiro atoms. The van der Waals surface area contributed by atoms with E-state index in [4.69, 9.17) is 11.5 Å². The number of aromatic amines is 1. The van der Waals surface area contributed by atoms with Crippen molar-refractivity contribution in [3.63, 3.8) is 0 Å². The molecule has 21 heavy (non-hydrogen) atoms. The third-order valence-electron chi connectivity index (χ3n) is 3.36. The SMILES string of the molecule is C/C=C\C(N)=C/CCCc1ccc(-c2ccc(N)cc2)[nH]1. The second-order valence-corrected chi connectivity index (χ2v) is 5.12. The molecule has 0 bridgehead atoms. The monoisotopic (exact) mass is 281 g/mol. The van der Waals surface area contributed by atoms with Gasteiger partial charge in [-0.3, -0.25) is 0 Å². The van der Waals surface area contributed by atoms with Crippen LogP contribution in [-0.2, 0) is 6.42 Å². The molecule has 0 saturated carbocycles. The van der Waals surface area contributed by atoms with Crippen molar-refractivity contribution >= 4 is 5.69 Å². The molecule has 110 valence electrons. The molecule has 1 heterocycles. The second kappa shape index (κ2) is 7.39. The molecule has 0 saturated heterocycles. The predicted octanol–water partition coefficient (Wildman–Crippen LogP) is 4.01. The smallest absolute Gasteiger partial charge is 0.0456 e. The maximum atomic E-state index is 5.81. The lowest BCUT2D eigenvalue weighted by molar-refractivity contribution is 0.821. The Morgan fingerprint density at radius 2 is 1.90 bits per heavy atom. The lowest BCUT2D eigenvalue weighted by Crippen LogP contribution is -1.93. The van der Waals surface area contributed by atoms with Crippen molar-refractivity contribution in [2.75, 3.05) is 5.73 Å². The van der Waals surface area contributed by atoms with E-state index in [1.54, 1.807) is 0 Å². The zero-order chi connectivity index (χ0) is 15.1. The van der Waals surface area contributed by atoms with Crippen molar-refractivity contribution in [2.45, 2.75) is 26.2 Å². The van der Waals surface area contributed by atoms with Crippen molar-refractivity contribution in [1.82, 2.24) is 4.98 Å². The number of benzene rings is 1. The lowest BCUT2D eigenvalue weighted by atomic mass is 10.1. The first-order valence-corrected chi connectivity index (χ1v) is 7.31. The first kappa shape index (κ1) is 15.0. The van der Waals surface area contributed by atoms with Crippen molar-refractivity contribution < 1.29 is 0 Å². The first-order chi connectivity index (χ1) is 10.2. The van der Waals surface area contributed by atoms with Crippen LogP contribution in [0.1, 0.15) is 25.5 Å². The van der Waals surface area contributed by atoms with E-state index in [2.05, 4.69) is 23.2 Å². The third kappa shape index (κ3) is 4.56. The highest BCUT2D eigenvalue weighted by atomic mass is 14.7. The van der Waals surface area contributed by atoms with E-state index >= 15 is 0 Å². The van der Waals surface area contributed by atoms with Gasteiger partial charge in [-0.05, 0) is 62.1 Å². The minimum Gasteiger partial charge on any atom is -0.399 e. The Kier molecular flexibility index (Phi) is 5.27. The molecule has 0 fully saturated rings. The van der Waals surface area contributed by atoms with Gasteiger partial charge in [0.2, 0.25) is 0 Å². The largest absolute Gasteiger partial charge is 0.399 e. The van der Waals surface area contributed by atoms with E-state index < -0.39 is 0 Å². The van der Waals surface area contributed by atoms with E-state index in [-0.39, 0.29) is 0 Å². The Balaban J connectivity index is 1.89. The van der Waals surface area contributed by atoms with Crippen LogP contribution in [0.4, 0.5) is 5.69 Å². The molecular formula is C18H23N3. The van der Waals surface area contributed by atoms with Crippen LogP contribution in [0, 0.1) is 0 Å². The van der Waals surface area contributed by atoms with Crippen LogP contribution in [0.2, 0.25) is 0 Å². The van der Waals surface area contributed by atoms with Crippen molar-refractivity contribution in [3.8, 4) is 11.3 Å². The molecule has 3 nitrogen and oxygen atoms in total. The van der Waals surface area contributed by atoms with Crippen LogP contribution in [0.15, 0.2) is 60.3 Å². The summed E-state index contributed by atoms with van der Waals surface area (Å²) in [7, 11) is 0. The Morgan fingerprint density at radius 1 is 1.14 bits per heavy atom. The van der Waals surface area contributed by atoms with Crippen molar-refractivity contribution in [1.29, 1.82) is 0 Å². The zero-order valence-corrected chi connectivity index (χ0v) is 12.5. The van der Waals surface area contributed by atoms with Crippen LogP contribution >= 0.6 is 0 Å². The minimum absolute atomic E-state index is 0.788. The highest BCUT2D eigenvalue weighted by Crippen LogP contribution is 2.20. The Bertz CT molecular complexity index is 618. The van der Waals surface area contributed by atoms with E-state index in [1.807, 2.05) is 43.3 Å². The van der Waals surface area contributed by atoms with Crippen LogP contribution in [0.25, 0.3) is 11.3 Å². The Hall–Kier alpha value is -2.42. The molecule has 0 unspecified atom stereocenters. The van der Waals surface area contributed by atoms with Gasteiger partial charge in [0.15, 0.2) is 0 Å². The topological polar surface area (TPSA) is 67.8 Å². The number of allylic oxidation sites excluding steroid dienone is 3. The molecule has 0 amide bonds. The van der Waals surface area contributed by atoms with Gasteiger partial charge in [-0.2, -0.15) is 0 Å².